The third-order valence-corrected chi connectivity index (χ3v) is 2.23. The fraction of sp³-hybridized carbons (Fsp3) is 0. The highest BCUT2D eigenvalue weighted by atomic mass is 16.1. The van der Waals surface area contributed by atoms with Crippen LogP contribution in [0, 0.1) is 0 Å². The second-order valence-electron chi connectivity index (χ2n) is 3.01. The molecule has 2 aromatic rings. The van der Waals surface area contributed by atoms with E-state index in [2.05, 4.69) is 5.10 Å². The van der Waals surface area contributed by atoms with Crippen molar-refractivity contribution >= 4 is 22.9 Å². The van der Waals surface area contributed by atoms with Gasteiger partial charge < -0.3 is 0 Å². The van der Waals surface area contributed by atoms with Crippen LogP contribution in [0.15, 0.2) is 35.4 Å². The summed E-state index contributed by atoms with van der Waals surface area (Å²) in [5, 5.41) is 5.07. The first-order valence-corrected chi connectivity index (χ1v) is 4.05. The van der Waals surface area contributed by atoms with Gasteiger partial charge in [0.05, 0.1) is 11.7 Å². The summed E-state index contributed by atoms with van der Waals surface area (Å²) >= 11 is 0. The summed E-state index contributed by atoms with van der Waals surface area (Å²) in [4.78, 5) is 11.3. The maximum atomic E-state index is 11.3. The Morgan fingerprint density at radius 3 is 3.00 bits per heavy atom. The summed E-state index contributed by atoms with van der Waals surface area (Å²) in [6, 6.07) is 9.68. The van der Waals surface area contributed by atoms with E-state index in [0.717, 1.165) is 10.9 Å². The number of hydrogen-bond acceptors (Lipinski definition) is 2. The van der Waals surface area contributed by atoms with Crippen LogP contribution in [0.4, 0.5) is 0 Å². The van der Waals surface area contributed by atoms with Crippen LogP contribution in [0.2, 0.25) is 0 Å². The smallest absolute Gasteiger partial charge is 0.224 e. The van der Waals surface area contributed by atoms with E-state index in [4.69, 9.17) is 0 Å². The number of ketones is 1. The maximum absolute atomic E-state index is 11.3. The summed E-state index contributed by atoms with van der Waals surface area (Å²) in [5.74, 6) is -0.0174. The number of rotatable bonds is 0. The van der Waals surface area contributed by atoms with Crippen molar-refractivity contribution in [1.82, 2.24) is 4.68 Å². The third-order valence-electron chi connectivity index (χ3n) is 2.23. The number of aromatic nitrogens is 1. The predicted octanol–water partition coefficient (Wildman–Crippen LogP) is 1.67. The van der Waals surface area contributed by atoms with Crippen molar-refractivity contribution in [3.05, 3.63) is 36.0 Å². The Morgan fingerprint density at radius 2 is 2.08 bits per heavy atom. The van der Waals surface area contributed by atoms with Crippen LogP contribution in [0.3, 0.4) is 0 Å². The molecule has 1 aliphatic rings. The SMILES string of the molecule is O=C1C=Nn2c1cc1ccccc12. The van der Waals surface area contributed by atoms with Gasteiger partial charge in [0, 0.05) is 5.39 Å². The molecule has 0 atom stereocenters. The lowest BCUT2D eigenvalue weighted by Gasteiger charge is -1.92. The fourth-order valence-corrected chi connectivity index (χ4v) is 1.62. The van der Waals surface area contributed by atoms with Crippen LogP contribution >= 0.6 is 0 Å². The number of carbonyl (C=O) groups is 1. The molecule has 0 radical (unpaired) electrons. The number of Topliss-reactive ketones (excluding diaryl/α,β-unsaturated/α-hetero) is 1. The fourth-order valence-electron chi connectivity index (χ4n) is 1.62. The lowest BCUT2D eigenvalue weighted by atomic mass is 10.2. The molecule has 0 aliphatic carbocycles. The van der Waals surface area contributed by atoms with Crippen molar-refractivity contribution < 1.29 is 4.79 Å². The van der Waals surface area contributed by atoms with Crippen LogP contribution in [-0.4, -0.2) is 16.7 Å². The van der Waals surface area contributed by atoms with Crippen LogP contribution in [0.5, 0.6) is 0 Å². The molecule has 0 fully saturated rings. The van der Waals surface area contributed by atoms with Crippen molar-refractivity contribution in [2.75, 3.05) is 0 Å². The average Bonchev–Trinajstić information content (AvgIpc) is 2.67. The predicted molar refractivity (Wildman–Crippen MR) is 50.2 cm³/mol. The minimum atomic E-state index is -0.0174. The molecule has 1 aliphatic heterocycles. The van der Waals surface area contributed by atoms with Gasteiger partial charge in [-0.1, -0.05) is 18.2 Å². The highest BCUT2D eigenvalue weighted by Crippen LogP contribution is 2.21. The van der Waals surface area contributed by atoms with Crippen LogP contribution in [-0.2, 0) is 0 Å². The monoisotopic (exact) mass is 170 g/mol. The van der Waals surface area contributed by atoms with Gasteiger partial charge in [-0.15, -0.1) is 0 Å². The van der Waals surface area contributed by atoms with E-state index in [1.165, 1.54) is 6.21 Å². The molecule has 3 rings (SSSR count). The molecule has 0 unspecified atom stereocenters. The average molecular weight is 170 g/mol. The minimum absolute atomic E-state index is 0.0174. The summed E-state index contributed by atoms with van der Waals surface area (Å²) in [6.07, 6.45) is 1.35. The zero-order valence-corrected chi connectivity index (χ0v) is 6.77. The van der Waals surface area contributed by atoms with Crippen molar-refractivity contribution in [1.29, 1.82) is 0 Å². The lowest BCUT2D eigenvalue weighted by Crippen LogP contribution is -1.94. The second kappa shape index (κ2) is 2.07. The molecular weight excluding hydrogens is 164 g/mol. The Kier molecular flexibility index (Phi) is 1.05. The van der Waals surface area contributed by atoms with E-state index in [9.17, 15) is 4.79 Å². The molecule has 0 spiro atoms. The van der Waals surface area contributed by atoms with Crippen LogP contribution < -0.4 is 0 Å². The zero-order chi connectivity index (χ0) is 8.84. The summed E-state index contributed by atoms with van der Waals surface area (Å²) in [6.45, 7) is 0. The molecule has 13 heavy (non-hydrogen) atoms. The Hall–Kier alpha value is -1.90. The molecule has 0 amide bonds. The molecular formula is C10H6N2O. The third kappa shape index (κ3) is 0.731. The summed E-state index contributed by atoms with van der Waals surface area (Å²) < 4.78 is 1.68. The first kappa shape index (κ1) is 6.60. The number of benzene rings is 1. The molecule has 3 nitrogen and oxygen atoms in total. The van der Waals surface area contributed by atoms with E-state index >= 15 is 0 Å². The van der Waals surface area contributed by atoms with E-state index in [-0.39, 0.29) is 5.78 Å². The van der Waals surface area contributed by atoms with E-state index in [1.54, 1.807) is 4.68 Å². The van der Waals surface area contributed by atoms with Gasteiger partial charge in [0.25, 0.3) is 0 Å². The largest absolute Gasteiger partial charge is 0.286 e. The van der Waals surface area contributed by atoms with E-state index < -0.39 is 0 Å². The number of carbonyl (C=O) groups excluding carboxylic acids is 1. The molecule has 1 aromatic carbocycles. The Balaban J connectivity index is 2.51. The standard InChI is InChI=1S/C10H6N2O/c13-10-6-11-12-8-4-2-1-3-7(8)5-9(10)12/h1-6H. The lowest BCUT2D eigenvalue weighted by molar-refractivity contribution is 0.107. The quantitative estimate of drug-likeness (QED) is 0.592. The first-order valence-electron chi connectivity index (χ1n) is 4.05. The number of hydrogen-bond donors (Lipinski definition) is 0. The van der Waals surface area contributed by atoms with Crippen molar-refractivity contribution in [2.45, 2.75) is 0 Å². The maximum Gasteiger partial charge on any atom is 0.224 e. The van der Waals surface area contributed by atoms with Gasteiger partial charge >= 0.3 is 0 Å². The van der Waals surface area contributed by atoms with Gasteiger partial charge in [-0.05, 0) is 12.1 Å². The highest BCUT2D eigenvalue weighted by molar-refractivity contribution is 6.37. The summed E-state index contributed by atoms with van der Waals surface area (Å²) in [5.41, 5.74) is 1.64. The van der Waals surface area contributed by atoms with Crippen molar-refractivity contribution in [3.8, 4) is 0 Å². The highest BCUT2D eigenvalue weighted by Gasteiger charge is 2.17. The molecule has 1 aromatic heterocycles. The van der Waals surface area contributed by atoms with E-state index in [1.807, 2.05) is 30.3 Å². The van der Waals surface area contributed by atoms with Gasteiger partial charge in [0.15, 0.2) is 0 Å². The van der Waals surface area contributed by atoms with Crippen molar-refractivity contribution in [2.24, 2.45) is 5.10 Å². The molecule has 0 N–H and O–H groups in total. The van der Waals surface area contributed by atoms with Gasteiger partial charge in [0.2, 0.25) is 5.78 Å². The van der Waals surface area contributed by atoms with Crippen molar-refractivity contribution in [3.63, 3.8) is 0 Å². The topological polar surface area (TPSA) is 34.4 Å². The minimum Gasteiger partial charge on any atom is -0.286 e. The molecule has 0 saturated heterocycles. The normalized spacial score (nSPS) is 14.0. The Morgan fingerprint density at radius 1 is 1.23 bits per heavy atom. The molecule has 62 valence electrons. The van der Waals surface area contributed by atoms with Crippen LogP contribution in [0.25, 0.3) is 10.9 Å². The number of para-hydroxylation sites is 1. The number of nitrogens with zero attached hydrogens (tertiary/aromatic N) is 2. The zero-order valence-electron chi connectivity index (χ0n) is 6.77. The Bertz CT molecular complexity index is 537. The van der Waals surface area contributed by atoms with Gasteiger partial charge in [0.1, 0.15) is 5.69 Å². The first-order chi connectivity index (χ1) is 6.36. The van der Waals surface area contributed by atoms with Gasteiger partial charge in [-0.3, -0.25) is 4.79 Å². The molecule has 2 heterocycles. The van der Waals surface area contributed by atoms with E-state index in [0.29, 0.717) is 5.69 Å². The Labute approximate surface area is 74.3 Å². The summed E-state index contributed by atoms with van der Waals surface area (Å²) in [7, 11) is 0. The number of fused-ring (bicyclic) bond motifs is 3. The molecule has 3 heteroatoms. The van der Waals surface area contributed by atoms with Gasteiger partial charge in [-0.2, -0.15) is 5.10 Å². The van der Waals surface area contributed by atoms with Gasteiger partial charge in [-0.25, -0.2) is 4.68 Å². The van der Waals surface area contributed by atoms with Crippen LogP contribution in [0.1, 0.15) is 10.5 Å². The second-order valence-corrected chi connectivity index (χ2v) is 3.01. The molecule has 0 saturated carbocycles. The molecule has 0 bridgehead atoms.